The number of pyridine rings is 1. The summed E-state index contributed by atoms with van der Waals surface area (Å²) < 4.78 is 0. The zero-order valence-corrected chi connectivity index (χ0v) is 15.2. The minimum atomic E-state index is -1.12. The summed E-state index contributed by atoms with van der Waals surface area (Å²) in [6.07, 6.45) is 2.49. The second-order valence-corrected chi connectivity index (χ2v) is 6.61. The molecule has 0 atom stereocenters. The Morgan fingerprint density at radius 1 is 1.07 bits per heavy atom. The third kappa shape index (κ3) is 3.96. The van der Waals surface area contributed by atoms with E-state index in [0.29, 0.717) is 0 Å². The maximum atomic E-state index is 12.6. The maximum Gasteiger partial charge on any atom is 0.335 e. The Morgan fingerprint density at radius 3 is 2.43 bits per heavy atom. The van der Waals surface area contributed by atoms with E-state index in [1.165, 1.54) is 24.5 Å². The maximum absolute atomic E-state index is 12.6. The van der Waals surface area contributed by atoms with Gasteiger partial charge in [0.15, 0.2) is 5.82 Å². The van der Waals surface area contributed by atoms with Crippen molar-refractivity contribution in [2.75, 3.05) is 0 Å². The predicted octanol–water partition coefficient (Wildman–Crippen LogP) is 2.61. The summed E-state index contributed by atoms with van der Waals surface area (Å²) in [5.41, 5.74) is 0.310. The zero-order valence-electron chi connectivity index (χ0n) is 15.2. The first-order valence-electron chi connectivity index (χ1n) is 8.42. The van der Waals surface area contributed by atoms with Crippen molar-refractivity contribution < 1.29 is 19.8 Å². The highest BCUT2D eigenvalue weighted by Crippen LogP contribution is 2.23. The summed E-state index contributed by atoms with van der Waals surface area (Å²) in [6.45, 7) is 3.68. The molecule has 0 aliphatic carbocycles. The van der Waals surface area contributed by atoms with E-state index in [2.05, 4.69) is 20.3 Å². The molecule has 0 aliphatic heterocycles. The smallest absolute Gasteiger partial charge is 0.335 e. The van der Waals surface area contributed by atoms with Crippen molar-refractivity contribution in [1.29, 1.82) is 0 Å². The van der Waals surface area contributed by atoms with E-state index in [1.54, 1.807) is 0 Å². The van der Waals surface area contributed by atoms with Crippen LogP contribution in [-0.4, -0.2) is 37.0 Å². The van der Waals surface area contributed by atoms with Gasteiger partial charge in [0.2, 0.25) is 5.88 Å². The Kier molecular flexibility index (Phi) is 5.04. The molecule has 3 aromatic rings. The molecular weight excluding hydrogens is 360 g/mol. The number of nitrogens with zero attached hydrogens (tertiary/aromatic N) is 3. The van der Waals surface area contributed by atoms with Crippen molar-refractivity contribution in [2.45, 2.75) is 19.4 Å². The van der Waals surface area contributed by atoms with E-state index in [-0.39, 0.29) is 22.6 Å². The first kappa shape index (κ1) is 19.0. The molecule has 0 unspecified atom stereocenters. The van der Waals surface area contributed by atoms with Gasteiger partial charge in [-0.15, -0.1) is 0 Å². The number of carboxylic acid groups (broad SMARTS) is 1. The van der Waals surface area contributed by atoms with Crippen LogP contribution in [0.4, 0.5) is 0 Å². The van der Waals surface area contributed by atoms with Gasteiger partial charge >= 0.3 is 5.97 Å². The molecule has 1 aromatic carbocycles. The summed E-state index contributed by atoms with van der Waals surface area (Å²) in [5, 5.41) is 22.1. The minimum absolute atomic E-state index is 0.0134. The van der Waals surface area contributed by atoms with Gasteiger partial charge in [0.05, 0.1) is 11.1 Å². The molecule has 1 amide bonds. The molecule has 3 rings (SSSR count). The Morgan fingerprint density at radius 2 is 1.79 bits per heavy atom. The number of nitrogens with one attached hydrogen (secondary N) is 1. The van der Waals surface area contributed by atoms with Crippen LogP contribution in [0.1, 0.15) is 40.1 Å². The molecule has 0 saturated heterocycles. The minimum Gasteiger partial charge on any atom is -0.493 e. The van der Waals surface area contributed by atoms with E-state index < -0.39 is 23.3 Å². The van der Waals surface area contributed by atoms with Crippen LogP contribution in [0.15, 0.2) is 54.9 Å². The zero-order chi connectivity index (χ0) is 20.3. The van der Waals surface area contributed by atoms with Crippen LogP contribution in [0.25, 0.3) is 11.5 Å². The lowest BCUT2D eigenvalue weighted by atomic mass is 9.94. The third-order valence-corrected chi connectivity index (χ3v) is 4.17. The van der Waals surface area contributed by atoms with Gasteiger partial charge in [-0.1, -0.05) is 30.3 Å². The van der Waals surface area contributed by atoms with Gasteiger partial charge in [-0.25, -0.2) is 9.78 Å². The molecule has 28 heavy (non-hydrogen) atoms. The Labute approximate surface area is 160 Å². The fourth-order valence-corrected chi connectivity index (χ4v) is 2.62. The number of aromatic carboxylic acids is 1. The number of carboxylic acids is 1. The average Bonchev–Trinajstić information content (AvgIpc) is 2.68. The molecule has 0 fully saturated rings. The normalized spacial score (nSPS) is 11.1. The number of hydrogen-bond acceptors (Lipinski definition) is 6. The molecule has 0 spiro atoms. The second-order valence-electron chi connectivity index (χ2n) is 6.61. The van der Waals surface area contributed by atoms with Crippen molar-refractivity contribution in [1.82, 2.24) is 20.3 Å². The number of carbonyl (C=O) groups is 2. The molecule has 3 N–H and O–H groups in total. The summed E-state index contributed by atoms with van der Waals surface area (Å²) in [6, 6.07) is 12.0. The van der Waals surface area contributed by atoms with Crippen LogP contribution < -0.4 is 5.32 Å². The molecule has 8 heteroatoms. The summed E-state index contributed by atoms with van der Waals surface area (Å²) in [7, 11) is 0. The van der Waals surface area contributed by atoms with E-state index >= 15 is 0 Å². The van der Waals surface area contributed by atoms with Crippen molar-refractivity contribution in [2.24, 2.45) is 0 Å². The topological polar surface area (TPSA) is 125 Å². The Balaban J connectivity index is 1.85. The van der Waals surface area contributed by atoms with Gasteiger partial charge in [0.25, 0.3) is 5.91 Å². The number of aromatic hydroxyl groups is 1. The van der Waals surface area contributed by atoms with Crippen molar-refractivity contribution in [3.05, 3.63) is 71.5 Å². The summed E-state index contributed by atoms with van der Waals surface area (Å²) in [4.78, 5) is 35.6. The predicted molar refractivity (Wildman–Crippen MR) is 101 cm³/mol. The standard InChI is InChI=1S/C20H18N4O4/c1-20(2,13-6-4-3-5-7-13)24-18(26)14-11-22-16(23-17(14)25)15-10-12(19(27)28)8-9-21-15/h3-11H,1-2H3,(H,24,26)(H,27,28)(H,22,23,25). The molecule has 0 saturated carbocycles. The fourth-order valence-electron chi connectivity index (χ4n) is 2.62. The summed E-state index contributed by atoms with van der Waals surface area (Å²) >= 11 is 0. The van der Waals surface area contributed by atoms with Crippen molar-refractivity contribution in [3.63, 3.8) is 0 Å². The molecule has 0 bridgehead atoms. The number of benzene rings is 1. The molecule has 8 nitrogen and oxygen atoms in total. The first-order chi connectivity index (χ1) is 13.3. The molecule has 2 aromatic heterocycles. The number of hydrogen-bond donors (Lipinski definition) is 3. The quantitative estimate of drug-likeness (QED) is 0.623. The average molecular weight is 378 g/mol. The van der Waals surface area contributed by atoms with Crippen LogP contribution in [-0.2, 0) is 5.54 Å². The van der Waals surface area contributed by atoms with Crippen LogP contribution in [0.3, 0.4) is 0 Å². The third-order valence-electron chi connectivity index (χ3n) is 4.17. The molecule has 0 aliphatic rings. The van der Waals surface area contributed by atoms with E-state index in [4.69, 9.17) is 5.11 Å². The SMILES string of the molecule is CC(C)(NC(=O)c1cnc(-c2cc(C(=O)O)ccn2)nc1O)c1ccccc1. The van der Waals surface area contributed by atoms with Crippen LogP contribution in [0, 0.1) is 0 Å². The summed E-state index contributed by atoms with van der Waals surface area (Å²) in [5.74, 6) is -2.16. The van der Waals surface area contributed by atoms with Gasteiger partial charge in [-0.2, -0.15) is 4.98 Å². The monoisotopic (exact) mass is 378 g/mol. The highest BCUT2D eigenvalue weighted by atomic mass is 16.4. The lowest BCUT2D eigenvalue weighted by Gasteiger charge is -2.27. The van der Waals surface area contributed by atoms with E-state index in [9.17, 15) is 14.7 Å². The largest absolute Gasteiger partial charge is 0.493 e. The molecular formula is C20H18N4O4. The molecule has 142 valence electrons. The van der Waals surface area contributed by atoms with Gasteiger partial charge in [-0.05, 0) is 31.5 Å². The lowest BCUT2D eigenvalue weighted by molar-refractivity contribution is 0.0696. The number of amides is 1. The van der Waals surface area contributed by atoms with Crippen molar-refractivity contribution in [3.8, 4) is 17.4 Å². The lowest BCUT2D eigenvalue weighted by Crippen LogP contribution is -2.41. The number of aromatic nitrogens is 3. The van der Waals surface area contributed by atoms with Crippen LogP contribution >= 0.6 is 0 Å². The fraction of sp³-hybridized carbons (Fsp3) is 0.150. The Hall–Kier alpha value is -3.81. The Bertz CT molecular complexity index is 1040. The van der Waals surface area contributed by atoms with Crippen LogP contribution in [0.2, 0.25) is 0 Å². The van der Waals surface area contributed by atoms with Gasteiger partial charge in [-0.3, -0.25) is 9.78 Å². The van der Waals surface area contributed by atoms with Gasteiger partial charge in [0.1, 0.15) is 11.3 Å². The van der Waals surface area contributed by atoms with Crippen LogP contribution in [0.5, 0.6) is 5.88 Å². The first-order valence-corrected chi connectivity index (χ1v) is 8.42. The number of carbonyl (C=O) groups excluding carboxylic acids is 1. The van der Waals surface area contributed by atoms with Gasteiger partial charge in [0, 0.05) is 12.4 Å². The van der Waals surface area contributed by atoms with Gasteiger partial charge < -0.3 is 15.5 Å². The van der Waals surface area contributed by atoms with E-state index in [0.717, 1.165) is 5.56 Å². The highest BCUT2D eigenvalue weighted by Gasteiger charge is 2.25. The molecule has 2 heterocycles. The van der Waals surface area contributed by atoms with E-state index in [1.807, 2.05) is 44.2 Å². The second kappa shape index (κ2) is 7.43. The molecule has 0 radical (unpaired) electrons. The highest BCUT2D eigenvalue weighted by molar-refractivity contribution is 5.96. The van der Waals surface area contributed by atoms with Crippen molar-refractivity contribution >= 4 is 11.9 Å². The number of rotatable bonds is 5.